The lowest BCUT2D eigenvalue weighted by Gasteiger charge is -2.35. The number of ether oxygens (including phenoxy) is 1. The zero-order valence-electron chi connectivity index (χ0n) is 13.8. The van der Waals surface area contributed by atoms with E-state index in [2.05, 4.69) is 0 Å². The third-order valence-corrected chi connectivity index (χ3v) is 6.43. The standard InChI is InChI=1S/C15H19ClN2O6S/c1-10(24-2)14(19)17-5-7-18(8-6-17)25(22,23)13-9-11(15(20)21)3-4-12(13)16/h3-4,9-10H,5-8H2,1-2H3,(H,20,21). The van der Waals surface area contributed by atoms with E-state index in [0.717, 1.165) is 6.07 Å². The molecule has 2 rings (SSSR count). The SMILES string of the molecule is COC(C)C(=O)N1CCN(S(=O)(=O)c2cc(C(=O)O)ccc2Cl)CC1. The average molecular weight is 391 g/mol. The van der Waals surface area contributed by atoms with Crippen LogP contribution in [0, 0.1) is 0 Å². The van der Waals surface area contributed by atoms with Gasteiger partial charge in [0.05, 0.1) is 10.6 Å². The Kier molecular flexibility index (Phi) is 6.04. The Hall–Kier alpha value is -1.68. The lowest BCUT2D eigenvalue weighted by atomic mass is 10.2. The van der Waals surface area contributed by atoms with Crippen LogP contribution in [0.1, 0.15) is 17.3 Å². The molecule has 1 unspecified atom stereocenters. The van der Waals surface area contributed by atoms with Crippen LogP contribution >= 0.6 is 11.6 Å². The molecule has 1 aromatic rings. The Balaban J connectivity index is 2.19. The smallest absolute Gasteiger partial charge is 0.335 e. The van der Waals surface area contributed by atoms with Gasteiger partial charge in [0.2, 0.25) is 10.0 Å². The fourth-order valence-corrected chi connectivity index (χ4v) is 4.40. The van der Waals surface area contributed by atoms with Crippen molar-refractivity contribution in [3.63, 3.8) is 0 Å². The van der Waals surface area contributed by atoms with Gasteiger partial charge in [-0.1, -0.05) is 11.6 Å². The summed E-state index contributed by atoms with van der Waals surface area (Å²) in [5.41, 5.74) is -0.161. The lowest BCUT2D eigenvalue weighted by molar-refractivity contribution is -0.142. The zero-order chi connectivity index (χ0) is 18.8. The minimum Gasteiger partial charge on any atom is -0.478 e. The number of amides is 1. The van der Waals surface area contributed by atoms with E-state index in [0.29, 0.717) is 0 Å². The summed E-state index contributed by atoms with van der Waals surface area (Å²) < 4.78 is 31.7. The quantitative estimate of drug-likeness (QED) is 0.801. The second kappa shape index (κ2) is 7.69. The summed E-state index contributed by atoms with van der Waals surface area (Å²) in [7, 11) is -2.52. The predicted octanol–water partition coefficient (Wildman–Crippen LogP) is 0.906. The van der Waals surface area contributed by atoms with Crippen LogP contribution in [-0.2, 0) is 19.6 Å². The third kappa shape index (κ3) is 4.12. The Morgan fingerprint density at radius 3 is 2.36 bits per heavy atom. The van der Waals surface area contributed by atoms with Crippen LogP contribution in [0.2, 0.25) is 5.02 Å². The molecule has 1 heterocycles. The van der Waals surface area contributed by atoms with Crippen molar-refractivity contribution in [2.24, 2.45) is 0 Å². The summed E-state index contributed by atoms with van der Waals surface area (Å²) in [5, 5.41) is 8.99. The Bertz CT molecular complexity index is 774. The van der Waals surface area contributed by atoms with Gasteiger partial charge in [-0.25, -0.2) is 13.2 Å². The maximum atomic E-state index is 12.8. The Labute approximate surface area is 151 Å². The summed E-state index contributed by atoms with van der Waals surface area (Å²) in [6.07, 6.45) is -0.593. The van der Waals surface area contributed by atoms with Crippen molar-refractivity contribution in [3.05, 3.63) is 28.8 Å². The van der Waals surface area contributed by atoms with Crippen LogP contribution in [0.25, 0.3) is 0 Å². The molecule has 0 aromatic heterocycles. The fourth-order valence-electron chi connectivity index (χ4n) is 2.48. The molecule has 0 bridgehead atoms. The maximum Gasteiger partial charge on any atom is 0.335 e. The first kappa shape index (κ1) is 19.6. The van der Waals surface area contributed by atoms with Gasteiger partial charge in [0, 0.05) is 33.3 Å². The largest absolute Gasteiger partial charge is 0.478 e. The van der Waals surface area contributed by atoms with Crippen molar-refractivity contribution in [1.29, 1.82) is 0 Å². The highest BCUT2D eigenvalue weighted by Gasteiger charge is 2.33. The van der Waals surface area contributed by atoms with Crippen LogP contribution in [0.4, 0.5) is 0 Å². The highest BCUT2D eigenvalue weighted by atomic mass is 35.5. The number of carboxylic acids is 1. The number of aromatic carboxylic acids is 1. The topological polar surface area (TPSA) is 104 Å². The number of benzene rings is 1. The van der Waals surface area contributed by atoms with Gasteiger partial charge >= 0.3 is 5.97 Å². The molecule has 138 valence electrons. The first-order valence-electron chi connectivity index (χ1n) is 7.53. The number of sulfonamides is 1. The lowest BCUT2D eigenvalue weighted by Crippen LogP contribution is -2.52. The van der Waals surface area contributed by atoms with Crippen molar-refractivity contribution >= 4 is 33.5 Å². The molecule has 1 saturated heterocycles. The van der Waals surface area contributed by atoms with Gasteiger partial charge < -0.3 is 14.7 Å². The number of hydrogen-bond donors (Lipinski definition) is 1. The fraction of sp³-hybridized carbons (Fsp3) is 0.467. The second-order valence-electron chi connectivity index (χ2n) is 5.56. The molecule has 1 fully saturated rings. The van der Waals surface area contributed by atoms with Gasteiger partial charge in [-0.05, 0) is 25.1 Å². The van der Waals surface area contributed by atoms with Crippen molar-refractivity contribution < 1.29 is 27.9 Å². The van der Waals surface area contributed by atoms with E-state index >= 15 is 0 Å². The summed E-state index contributed by atoms with van der Waals surface area (Å²) in [5.74, 6) is -1.44. The van der Waals surface area contributed by atoms with Crippen molar-refractivity contribution in [2.75, 3.05) is 33.3 Å². The van der Waals surface area contributed by atoms with Crippen LogP contribution < -0.4 is 0 Å². The minimum atomic E-state index is -3.95. The summed E-state index contributed by atoms with van der Waals surface area (Å²) in [6.45, 7) is 2.27. The number of piperazine rings is 1. The second-order valence-corrected chi connectivity index (χ2v) is 7.87. The molecule has 0 saturated carbocycles. The molecular formula is C15H19ClN2O6S. The highest BCUT2D eigenvalue weighted by molar-refractivity contribution is 7.89. The van der Waals surface area contributed by atoms with E-state index in [1.807, 2.05) is 0 Å². The first-order chi connectivity index (χ1) is 11.7. The Morgan fingerprint density at radius 2 is 1.84 bits per heavy atom. The van der Waals surface area contributed by atoms with Gasteiger partial charge in [0.25, 0.3) is 5.91 Å². The van der Waals surface area contributed by atoms with Gasteiger partial charge in [-0.3, -0.25) is 4.79 Å². The highest BCUT2D eigenvalue weighted by Crippen LogP contribution is 2.26. The van der Waals surface area contributed by atoms with E-state index in [1.165, 1.54) is 28.4 Å². The molecule has 0 aliphatic carbocycles. The molecule has 10 heteroatoms. The number of carbonyl (C=O) groups is 2. The molecule has 1 aliphatic rings. The van der Waals surface area contributed by atoms with E-state index in [4.69, 9.17) is 21.4 Å². The molecule has 0 radical (unpaired) electrons. The monoisotopic (exact) mass is 390 g/mol. The number of rotatable bonds is 5. The number of carboxylic acid groups (broad SMARTS) is 1. The molecule has 1 aliphatic heterocycles. The number of carbonyl (C=O) groups excluding carboxylic acids is 1. The summed E-state index contributed by atoms with van der Waals surface area (Å²) >= 11 is 5.96. The summed E-state index contributed by atoms with van der Waals surface area (Å²) in [4.78, 5) is 24.4. The normalized spacial score (nSPS) is 17.3. The number of methoxy groups -OCH3 is 1. The molecular weight excluding hydrogens is 372 g/mol. The van der Waals surface area contributed by atoms with E-state index in [9.17, 15) is 18.0 Å². The number of halogens is 1. The van der Waals surface area contributed by atoms with Crippen molar-refractivity contribution in [2.45, 2.75) is 17.9 Å². The third-order valence-electron chi connectivity index (χ3n) is 4.05. The van der Waals surface area contributed by atoms with Gasteiger partial charge in [-0.2, -0.15) is 4.31 Å². The first-order valence-corrected chi connectivity index (χ1v) is 9.35. The van der Waals surface area contributed by atoms with Crippen LogP contribution in [0.3, 0.4) is 0 Å². The molecule has 8 nitrogen and oxygen atoms in total. The van der Waals surface area contributed by atoms with Crippen LogP contribution in [-0.4, -0.2) is 74.0 Å². The molecule has 0 spiro atoms. The van der Waals surface area contributed by atoms with E-state index in [-0.39, 0.29) is 47.6 Å². The minimum absolute atomic E-state index is 0.0449. The average Bonchev–Trinajstić information content (AvgIpc) is 2.60. The van der Waals surface area contributed by atoms with Crippen molar-refractivity contribution in [1.82, 2.24) is 9.21 Å². The molecule has 1 N–H and O–H groups in total. The van der Waals surface area contributed by atoms with Crippen molar-refractivity contribution in [3.8, 4) is 0 Å². The Morgan fingerprint density at radius 1 is 1.24 bits per heavy atom. The van der Waals surface area contributed by atoms with Crippen LogP contribution in [0.5, 0.6) is 0 Å². The molecule has 1 amide bonds. The molecule has 1 aromatic carbocycles. The number of hydrogen-bond acceptors (Lipinski definition) is 5. The van der Waals surface area contributed by atoms with Crippen LogP contribution in [0.15, 0.2) is 23.1 Å². The van der Waals surface area contributed by atoms with Gasteiger partial charge in [0.15, 0.2) is 0 Å². The zero-order valence-corrected chi connectivity index (χ0v) is 15.4. The number of nitrogens with zero attached hydrogens (tertiary/aromatic N) is 2. The maximum absolute atomic E-state index is 12.8. The van der Waals surface area contributed by atoms with Gasteiger partial charge in [0.1, 0.15) is 11.0 Å². The van der Waals surface area contributed by atoms with E-state index in [1.54, 1.807) is 6.92 Å². The van der Waals surface area contributed by atoms with E-state index < -0.39 is 22.1 Å². The molecule has 1 atom stereocenters. The predicted molar refractivity (Wildman–Crippen MR) is 90.2 cm³/mol. The molecule has 25 heavy (non-hydrogen) atoms. The van der Waals surface area contributed by atoms with Gasteiger partial charge in [-0.15, -0.1) is 0 Å². The summed E-state index contributed by atoms with van der Waals surface area (Å²) in [6, 6.07) is 3.54.